The van der Waals surface area contributed by atoms with Gasteiger partial charge in [0.1, 0.15) is 10.5 Å². The summed E-state index contributed by atoms with van der Waals surface area (Å²) < 4.78 is 33.1. The summed E-state index contributed by atoms with van der Waals surface area (Å²) in [5.74, 6) is 0. The zero-order chi connectivity index (χ0) is 13.6. The van der Waals surface area contributed by atoms with Crippen LogP contribution in [0.3, 0.4) is 0 Å². The van der Waals surface area contributed by atoms with Gasteiger partial charge in [-0.25, -0.2) is 0 Å². The second-order valence-corrected chi connectivity index (χ2v) is 5.73. The molecule has 0 aliphatic carbocycles. The van der Waals surface area contributed by atoms with E-state index in [1.807, 2.05) is 0 Å². The van der Waals surface area contributed by atoms with Crippen molar-refractivity contribution in [2.45, 2.75) is 17.4 Å². The van der Waals surface area contributed by atoms with E-state index in [0.29, 0.717) is 0 Å². The largest absolute Gasteiger partial charge is 0.364 e. The fourth-order valence-corrected chi connectivity index (χ4v) is 2.75. The molecular weight excluding hydrogens is 262 g/mol. The molecule has 2 rings (SSSR count). The second-order valence-electron chi connectivity index (χ2n) is 4.05. The number of ether oxygens (including phenoxy) is 1. The average Bonchev–Trinajstić information content (AvgIpc) is 3.07. The van der Waals surface area contributed by atoms with Crippen molar-refractivity contribution in [2.24, 2.45) is 0 Å². The highest BCUT2D eigenvalue weighted by Crippen LogP contribution is 2.45. The number of nitro benzene ring substituents is 1. The molecule has 0 N–H and O–H groups in total. The smallest absolute Gasteiger partial charge is 0.297 e. The van der Waals surface area contributed by atoms with Crippen LogP contribution in [0, 0.1) is 10.1 Å². The summed E-state index contributed by atoms with van der Waals surface area (Å²) in [6.45, 7) is 1.84. The van der Waals surface area contributed by atoms with E-state index in [1.165, 1.54) is 18.2 Å². The number of nitrogens with zero attached hydrogens (tertiary/aromatic N) is 1. The Hall–Kier alpha value is -1.51. The van der Waals surface area contributed by atoms with E-state index in [4.69, 9.17) is 4.74 Å². The number of benzene rings is 1. The lowest BCUT2D eigenvalue weighted by molar-refractivity contribution is -0.386. The van der Waals surface area contributed by atoms with E-state index < -0.39 is 20.6 Å². The average molecular weight is 273 g/mol. The molecule has 1 atom stereocenters. The Morgan fingerprint density at radius 3 is 2.56 bits per heavy atom. The summed E-state index contributed by atoms with van der Waals surface area (Å²) in [4.78, 5) is 10.1. The minimum Gasteiger partial charge on any atom is -0.364 e. The molecule has 0 aromatic heterocycles. The van der Waals surface area contributed by atoms with Crippen molar-refractivity contribution in [3.63, 3.8) is 0 Å². The molecule has 0 saturated carbocycles. The topological polar surface area (TPSA) is 99.0 Å². The Bertz CT molecular complexity index is 605. The maximum absolute atomic E-state index is 11.8. The van der Waals surface area contributed by atoms with Gasteiger partial charge >= 0.3 is 0 Å². The van der Waals surface area contributed by atoms with Crippen molar-refractivity contribution in [3.8, 4) is 0 Å². The number of epoxide rings is 1. The van der Waals surface area contributed by atoms with E-state index in [2.05, 4.69) is 4.18 Å². The van der Waals surface area contributed by atoms with Gasteiger partial charge in [-0.1, -0.05) is 6.07 Å². The van der Waals surface area contributed by atoms with Crippen LogP contribution in [0.5, 0.6) is 0 Å². The monoisotopic (exact) mass is 273 g/mol. The number of rotatable bonds is 4. The van der Waals surface area contributed by atoms with Gasteiger partial charge in [0.25, 0.3) is 15.8 Å². The minimum absolute atomic E-state index is 0.0388. The Labute approximate surface area is 104 Å². The summed E-state index contributed by atoms with van der Waals surface area (Å²) in [5.41, 5.74) is -1.19. The zero-order valence-electron chi connectivity index (χ0n) is 9.74. The third-order valence-electron chi connectivity index (χ3n) is 2.80. The second kappa shape index (κ2) is 4.01. The summed E-state index contributed by atoms with van der Waals surface area (Å²) in [5, 5.41) is 11.0. The Morgan fingerprint density at radius 1 is 1.50 bits per heavy atom. The van der Waals surface area contributed by atoms with Crippen LogP contribution in [0.1, 0.15) is 12.5 Å². The molecule has 1 aliphatic rings. The molecule has 0 spiro atoms. The molecule has 1 fully saturated rings. The van der Waals surface area contributed by atoms with Gasteiger partial charge in [0.2, 0.25) is 0 Å². The SMILES string of the molecule is COS(=O)(=O)c1cccc([N+](=O)[O-])c1[C@]1(C)CO1. The fourth-order valence-electron chi connectivity index (χ4n) is 1.75. The van der Waals surface area contributed by atoms with Gasteiger partial charge < -0.3 is 4.74 Å². The van der Waals surface area contributed by atoms with E-state index in [0.717, 1.165) is 7.11 Å². The maximum Gasteiger partial charge on any atom is 0.297 e. The molecule has 0 bridgehead atoms. The molecule has 0 unspecified atom stereocenters. The lowest BCUT2D eigenvalue weighted by atomic mass is 10.00. The molecular formula is C10H11NO6S. The molecule has 1 heterocycles. The lowest BCUT2D eigenvalue weighted by Gasteiger charge is -2.12. The predicted octanol–water partition coefficient (Wildman–Crippen LogP) is 1.18. The quantitative estimate of drug-likeness (QED) is 0.353. The van der Waals surface area contributed by atoms with Crippen molar-refractivity contribution in [3.05, 3.63) is 33.9 Å². The van der Waals surface area contributed by atoms with E-state index in [1.54, 1.807) is 6.92 Å². The van der Waals surface area contributed by atoms with E-state index in [-0.39, 0.29) is 22.8 Å². The summed E-state index contributed by atoms with van der Waals surface area (Å²) in [7, 11) is -3.00. The van der Waals surface area contributed by atoms with Gasteiger partial charge in [-0.2, -0.15) is 8.42 Å². The van der Waals surface area contributed by atoms with Crippen LogP contribution < -0.4 is 0 Å². The first kappa shape index (κ1) is 12.9. The third kappa shape index (κ3) is 1.98. The lowest BCUT2D eigenvalue weighted by Crippen LogP contribution is -2.15. The van der Waals surface area contributed by atoms with Gasteiger partial charge in [0, 0.05) is 6.07 Å². The summed E-state index contributed by atoms with van der Waals surface area (Å²) >= 11 is 0. The van der Waals surface area contributed by atoms with Crippen LogP contribution in [0.15, 0.2) is 23.1 Å². The maximum atomic E-state index is 11.8. The van der Waals surface area contributed by atoms with Crippen molar-refractivity contribution in [1.29, 1.82) is 0 Å². The normalized spacial score (nSPS) is 22.8. The minimum atomic E-state index is -4.01. The van der Waals surface area contributed by atoms with Crippen LogP contribution in [0.2, 0.25) is 0 Å². The summed E-state index contributed by atoms with van der Waals surface area (Å²) in [6.07, 6.45) is 0. The van der Waals surface area contributed by atoms with E-state index in [9.17, 15) is 18.5 Å². The highest BCUT2D eigenvalue weighted by atomic mass is 32.2. The first-order valence-electron chi connectivity index (χ1n) is 5.04. The highest BCUT2D eigenvalue weighted by Gasteiger charge is 2.49. The first-order chi connectivity index (χ1) is 8.32. The molecule has 0 radical (unpaired) electrons. The van der Waals surface area contributed by atoms with Crippen molar-refractivity contribution in [1.82, 2.24) is 0 Å². The van der Waals surface area contributed by atoms with Crippen LogP contribution in [-0.2, 0) is 24.6 Å². The third-order valence-corrected chi connectivity index (χ3v) is 4.11. The Kier molecular flexibility index (Phi) is 2.88. The van der Waals surface area contributed by atoms with Crippen LogP contribution >= 0.6 is 0 Å². The Morgan fingerprint density at radius 2 is 2.11 bits per heavy atom. The molecule has 0 amide bonds. The van der Waals surface area contributed by atoms with Crippen LogP contribution in [0.25, 0.3) is 0 Å². The molecule has 18 heavy (non-hydrogen) atoms. The predicted molar refractivity (Wildman–Crippen MR) is 60.6 cm³/mol. The number of hydrogen-bond donors (Lipinski definition) is 0. The van der Waals surface area contributed by atoms with Gasteiger partial charge in [-0.15, -0.1) is 0 Å². The van der Waals surface area contributed by atoms with Crippen molar-refractivity contribution in [2.75, 3.05) is 13.7 Å². The van der Waals surface area contributed by atoms with Gasteiger partial charge in [-0.05, 0) is 13.0 Å². The van der Waals surface area contributed by atoms with Crippen molar-refractivity contribution < 1.29 is 22.3 Å². The molecule has 1 aromatic rings. The van der Waals surface area contributed by atoms with Gasteiger partial charge in [0.05, 0.1) is 24.2 Å². The fraction of sp³-hybridized carbons (Fsp3) is 0.400. The summed E-state index contributed by atoms with van der Waals surface area (Å²) in [6, 6.07) is 3.82. The van der Waals surface area contributed by atoms with Crippen LogP contribution in [-0.4, -0.2) is 27.1 Å². The van der Waals surface area contributed by atoms with E-state index >= 15 is 0 Å². The van der Waals surface area contributed by atoms with Crippen molar-refractivity contribution >= 4 is 15.8 Å². The number of nitro groups is 1. The number of hydrogen-bond acceptors (Lipinski definition) is 6. The first-order valence-corrected chi connectivity index (χ1v) is 6.45. The Balaban J connectivity index is 2.75. The zero-order valence-corrected chi connectivity index (χ0v) is 10.6. The molecule has 1 aliphatic heterocycles. The molecule has 1 saturated heterocycles. The molecule has 1 aromatic carbocycles. The molecule has 98 valence electrons. The van der Waals surface area contributed by atoms with Crippen LogP contribution in [0.4, 0.5) is 5.69 Å². The highest BCUT2D eigenvalue weighted by molar-refractivity contribution is 7.86. The standard InChI is InChI=1S/C10H11NO6S/c1-10(6-17-10)9-7(11(12)13)4-3-5-8(9)18(14,15)16-2/h3-5H,6H2,1-2H3/t10-/m0/s1. The van der Waals surface area contributed by atoms with Gasteiger partial charge in [0.15, 0.2) is 0 Å². The van der Waals surface area contributed by atoms with Gasteiger partial charge in [-0.3, -0.25) is 14.3 Å². The molecule has 7 nitrogen and oxygen atoms in total. The molecule has 8 heteroatoms.